The molecule has 7 nitrogen and oxygen atoms in total. The van der Waals surface area contributed by atoms with Crippen LogP contribution in [0.1, 0.15) is 40.3 Å². The molecule has 1 aromatic heterocycles. The number of aromatic carboxylic acids is 1. The third-order valence-corrected chi connectivity index (χ3v) is 3.62. The van der Waals surface area contributed by atoms with Crippen LogP contribution in [-0.2, 0) is 6.42 Å². The van der Waals surface area contributed by atoms with Crippen LogP contribution in [0.25, 0.3) is 0 Å². The predicted octanol–water partition coefficient (Wildman–Crippen LogP) is 2.95. The van der Waals surface area contributed by atoms with E-state index in [9.17, 15) is 9.59 Å². The van der Waals surface area contributed by atoms with Gasteiger partial charge in [0.05, 0.1) is 17.9 Å². The molecule has 0 saturated carbocycles. The molecule has 1 atom stereocenters. The van der Waals surface area contributed by atoms with E-state index in [4.69, 9.17) is 19.0 Å². The number of rotatable bonds is 5. The van der Waals surface area contributed by atoms with Crippen molar-refractivity contribution in [2.45, 2.75) is 26.4 Å². The summed E-state index contributed by atoms with van der Waals surface area (Å²) >= 11 is 0. The first-order valence-corrected chi connectivity index (χ1v) is 7.57. The normalized spacial score (nSPS) is 15.5. The Labute approximate surface area is 138 Å². The maximum Gasteiger partial charge on any atom is 0.338 e. The number of hydrogen-bond acceptors (Lipinski definition) is 5. The lowest BCUT2D eigenvalue weighted by atomic mass is 10.1. The molecule has 0 bridgehead atoms. The van der Waals surface area contributed by atoms with Crippen LogP contribution in [0.4, 0.5) is 5.69 Å². The van der Waals surface area contributed by atoms with E-state index in [0.29, 0.717) is 23.8 Å². The Bertz CT molecular complexity index is 794. The second-order valence-electron chi connectivity index (χ2n) is 5.48. The molecule has 0 aliphatic carbocycles. The number of amides is 1. The van der Waals surface area contributed by atoms with Gasteiger partial charge in [-0.15, -0.1) is 0 Å². The van der Waals surface area contributed by atoms with Gasteiger partial charge >= 0.3 is 5.97 Å². The minimum absolute atomic E-state index is 0.0728. The number of carboxylic acids is 1. The maximum absolute atomic E-state index is 12.3. The highest BCUT2D eigenvalue weighted by molar-refractivity contribution is 6.04. The molecule has 24 heavy (non-hydrogen) atoms. The summed E-state index contributed by atoms with van der Waals surface area (Å²) in [6.45, 7) is 4.26. The fourth-order valence-corrected chi connectivity index (χ4v) is 2.56. The first kappa shape index (κ1) is 15.9. The van der Waals surface area contributed by atoms with Gasteiger partial charge in [0, 0.05) is 24.1 Å². The van der Waals surface area contributed by atoms with E-state index in [1.54, 1.807) is 6.07 Å². The van der Waals surface area contributed by atoms with E-state index in [2.05, 4.69) is 5.32 Å². The van der Waals surface area contributed by atoms with Gasteiger partial charge in [0.25, 0.3) is 5.91 Å². The van der Waals surface area contributed by atoms with Crippen LogP contribution in [0.5, 0.6) is 11.5 Å². The van der Waals surface area contributed by atoms with Gasteiger partial charge < -0.3 is 24.3 Å². The Hall–Kier alpha value is -2.96. The molecule has 1 aromatic carbocycles. The number of carbonyl (C=O) groups excluding carboxylic acids is 1. The summed E-state index contributed by atoms with van der Waals surface area (Å²) in [5, 5.41) is 11.6. The van der Waals surface area contributed by atoms with E-state index in [1.807, 2.05) is 19.9 Å². The number of fused-ring (bicyclic) bond motifs is 1. The van der Waals surface area contributed by atoms with E-state index >= 15 is 0 Å². The molecule has 1 aliphatic heterocycles. The second-order valence-corrected chi connectivity index (χ2v) is 5.48. The van der Waals surface area contributed by atoms with Gasteiger partial charge in [0.15, 0.2) is 5.76 Å². The van der Waals surface area contributed by atoms with Crippen LogP contribution in [0, 0.1) is 0 Å². The van der Waals surface area contributed by atoms with Crippen molar-refractivity contribution in [3.8, 4) is 11.5 Å². The van der Waals surface area contributed by atoms with Crippen LogP contribution < -0.4 is 14.8 Å². The molecule has 3 rings (SSSR count). The molecule has 7 heteroatoms. The van der Waals surface area contributed by atoms with E-state index in [0.717, 1.165) is 18.2 Å². The lowest BCUT2D eigenvalue weighted by Crippen LogP contribution is -2.12. The zero-order valence-electron chi connectivity index (χ0n) is 13.3. The Morgan fingerprint density at radius 3 is 2.83 bits per heavy atom. The Kier molecular flexibility index (Phi) is 4.16. The van der Waals surface area contributed by atoms with E-state index in [1.165, 1.54) is 6.07 Å². The van der Waals surface area contributed by atoms with Crippen LogP contribution in [0.2, 0.25) is 0 Å². The van der Waals surface area contributed by atoms with Gasteiger partial charge in [-0.3, -0.25) is 4.79 Å². The second kappa shape index (κ2) is 6.27. The lowest BCUT2D eigenvalue weighted by molar-refractivity contribution is 0.0696. The van der Waals surface area contributed by atoms with Crippen LogP contribution >= 0.6 is 0 Å². The number of ether oxygens (including phenoxy) is 2. The lowest BCUT2D eigenvalue weighted by Gasteiger charge is -2.13. The summed E-state index contributed by atoms with van der Waals surface area (Å²) in [7, 11) is 0. The smallest absolute Gasteiger partial charge is 0.338 e. The van der Waals surface area contributed by atoms with Crippen molar-refractivity contribution in [2.75, 3.05) is 11.9 Å². The molecular weight excluding hydrogens is 314 g/mol. The Morgan fingerprint density at radius 2 is 2.17 bits per heavy atom. The summed E-state index contributed by atoms with van der Waals surface area (Å²) in [4.78, 5) is 23.1. The van der Waals surface area contributed by atoms with Gasteiger partial charge in [-0.25, -0.2) is 4.79 Å². The minimum Gasteiger partial charge on any atom is -0.492 e. The molecule has 0 radical (unpaired) electrons. The SMILES string of the molecule is CCOc1cc2c(cc1NC(=O)c1cc(C(=O)O)co1)OC(C)C2. The first-order valence-electron chi connectivity index (χ1n) is 7.57. The number of furan rings is 1. The van der Waals surface area contributed by atoms with Crippen molar-refractivity contribution < 1.29 is 28.6 Å². The zero-order chi connectivity index (χ0) is 17.3. The number of benzene rings is 1. The molecule has 0 saturated heterocycles. The summed E-state index contributed by atoms with van der Waals surface area (Å²) in [6.07, 6.45) is 1.88. The fraction of sp³-hybridized carbons (Fsp3) is 0.294. The molecule has 1 unspecified atom stereocenters. The molecule has 2 aromatic rings. The van der Waals surface area contributed by atoms with Crippen molar-refractivity contribution in [1.82, 2.24) is 0 Å². The molecular formula is C17H17NO6. The van der Waals surface area contributed by atoms with Gasteiger partial charge in [-0.1, -0.05) is 0 Å². The first-order chi connectivity index (χ1) is 11.5. The number of carboxylic acid groups (broad SMARTS) is 1. The largest absolute Gasteiger partial charge is 0.492 e. The highest BCUT2D eigenvalue weighted by Gasteiger charge is 2.23. The maximum atomic E-state index is 12.3. The molecule has 0 fully saturated rings. The molecule has 1 aliphatic rings. The number of anilines is 1. The molecule has 2 heterocycles. The van der Waals surface area contributed by atoms with E-state index in [-0.39, 0.29) is 17.4 Å². The standard InChI is InChI=1S/C17H17NO6/c1-3-22-14-5-10-4-9(2)24-13(10)7-12(14)18-16(19)15-6-11(8-23-15)17(20)21/h5-9H,3-4H2,1-2H3,(H,18,19)(H,20,21). The van der Waals surface area contributed by atoms with Crippen molar-refractivity contribution >= 4 is 17.6 Å². The summed E-state index contributed by atoms with van der Waals surface area (Å²) in [5.74, 6) is -0.578. The van der Waals surface area contributed by atoms with Gasteiger partial charge in [0.1, 0.15) is 23.9 Å². The van der Waals surface area contributed by atoms with Gasteiger partial charge in [0.2, 0.25) is 0 Å². The van der Waals surface area contributed by atoms with Gasteiger partial charge in [-0.05, 0) is 19.9 Å². The summed E-state index contributed by atoms with van der Waals surface area (Å²) in [6, 6.07) is 4.73. The summed E-state index contributed by atoms with van der Waals surface area (Å²) in [5.41, 5.74) is 1.38. The van der Waals surface area contributed by atoms with Gasteiger partial charge in [-0.2, -0.15) is 0 Å². The highest BCUT2D eigenvalue weighted by Crippen LogP contribution is 2.38. The van der Waals surface area contributed by atoms with Crippen molar-refractivity contribution in [3.05, 3.63) is 41.3 Å². The monoisotopic (exact) mass is 331 g/mol. The molecule has 1 amide bonds. The average Bonchev–Trinajstić information content (AvgIpc) is 3.13. The molecule has 126 valence electrons. The third-order valence-electron chi connectivity index (χ3n) is 3.62. The molecule has 2 N–H and O–H groups in total. The highest BCUT2D eigenvalue weighted by atomic mass is 16.5. The number of hydrogen-bond donors (Lipinski definition) is 2. The van der Waals surface area contributed by atoms with Crippen molar-refractivity contribution in [1.29, 1.82) is 0 Å². The quantitative estimate of drug-likeness (QED) is 0.874. The van der Waals surface area contributed by atoms with Crippen LogP contribution in [0.15, 0.2) is 28.9 Å². The van der Waals surface area contributed by atoms with Crippen LogP contribution in [0.3, 0.4) is 0 Å². The Morgan fingerprint density at radius 1 is 1.38 bits per heavy atom. The third kappa shape index (κ3) is 3.05. The predicted molar refractivity (Wildman–Crippen MR) is 85.0 cm³/mol. The topological polar surface area (TPSA) is 98.0 Å². The number of carbonyl (C=O) groups is 2. The van der Waals surface area contributed by atoms with Crippen LogP contribution in [-0.4, -0.2) is 29.7 Å². The fourth-order valence-electron chi connectivity index (χ4n) is 2.56. The van der Waals surface area contributed by atoms with Crippen molar-refractivity contribution in [2.24, 2.45) is 0 Å². The zero-order valence-corrected chi connectivity index (χ0v) is 13.3. The molecule has 0 spiro atoms. The summed E-state index contributed by atoms with van der Waals surface area (Å²) < 4.78 is 16.3. The number of nitrogens with one attached hydrogen (secondary N) is 1. The minimum atomic E-state index is -1.16. The average molecular weight is 331 g/mol. The Balaban J connectivity index is 1.86. The van der Waals surface area contributed by atoms with E-state index < -0.39 is 11.9 Å². The van der Waals surface area contributed by atoms with Crippen molar-refractivity contribution in [3.63, 3.8) is 0 Å².